The Bertz CT molecular complexity index is 617. The first-order valence-corrected chi connectivity index (χ1v) is 9.08. The summed E-state index contributed by atoms with van der Waals surface area (Å²) in [6.07, 6.45) is 5.26. The Kier molecular flexibility index (Phi) is 5.71. The number of hydrogen-bond acceptors (Lipinski definition) is 4. The summed E-state index contributed by atoms with van der Waals surface area (Å²) in [6, 6.07) is 7.13. The first-order valence-electron chi connectivity index (χ1n) is 9.08. The van der Waals surface area contributed by atoms with E-state index in [2.05, 4.69) is 5.32 Å². The van der Waals surface area contributed by atoms with Crippen molar-refractivity contribution >= 4 is 17.5 Å². The third kappa shape index (κ3) is 4.19. The number of anilines is 1. The Morgan fingerprint density at radius 1 is 1.24 bits per heavy atom. The molecular weight excluding hydrogens is 318 g/mol. The van der Waals surface area contributed by atoms with Crippen molar-refractivity contribution in [1.29, 1.82) is 0 Å². The van der Waals surface area contributed by atoms with Gasteiger partial charge in [-0.25, -0.2) is 0 Å². The highest BCUT2D eigenvalue weighted by Crippen LogP contribution is 2.23. The Morgan fingerprint density at radius 3 is 2.64 bits per heavy atom. The summed E-state index contributed by atoms with van der Waals surface area (Å²) in [5.74, 6) is 0.0390. The zero-order valence-electron chi connectivity index (χ0n) is 14.7. The maximum atomic E-state index is 12.5. The van der Waals surface area contributed by atoms with Crippen LogP contribution in [-0.4, -0.2) is 43.7 Å². The number of carbonyl (C=O) groups excluding carboxylic acids is 2. The molecule has 3 unspecified atom stereocenters. The number of amides is 2. The van der Waals surface area contributed by atoms with Crippen molar-refractivity contribution in [3.8, 4) is 0 Å². The molecule has 136 valence electrons. The molecule has 2 amide bonds. The van der Waals surface area contributed by atoms with Crippen LogP contribution in [-0.2, 0) is 9.53 Å². The molecule has 1 aromatic carbocycles. The molecule has 1 aliphatic heterocycles. The van der Waals surface area contributed by atoms with Gasteiger partial charge in [-0.15, -0.1) is 0 Å². The molecule has 3 N–H and O–H groups in total. The van der Waals surface area contributed by atoms with Crippen LogP contribution in [0.4, 0.5) is 5.69 Å². The van der Waals surface area contributed by atoms with Crippen LogP contribution in [0.25, 0.3) is 0 Å². The van der Waals surface area contributed by atoms with Gasteiger partial charge < -0.3 is 20.7 Å². The van der Waals surface area contributed by atoms with Gasteiger partial charge >= 0.3 is 0 Å². The van der Waals surface area contributed by atoms with Gasteiger partial charge in [-0.05, 0) is 56.4 Å². The second kappa shape index (κ2) is 7.97. The Labute approximate surface area is 148 Å². The van der Waals surface area contributed by atoms with Gasteiger partial charge in [0.05, 0.1) is 6.10 Å². The average Bonchev–Trinajstić information content (AvgIpc) is 2.64. The van der Waals surface area contributed by atoms with Gasteiger partial charge in [-0.3, -0.25) is 9.59 Å². The van der Waals surface area contributed by atoms with E-state index in [0.717, 1.165) is 44.3 Å². The molecule has 6 heteroatoms. The SMILES string of the molecule is COC1CCC(NC(=O)c2ccc(N3CCCCC3=O)cc2)C(N)C1. The number of nitrogens with two attached hydrogens (primary N) is 1. The number of nitrogens with one attached hydrogen (secondary N) is 1. The molecule has 0 spiro atoms. The van der Waals surface area contributed by atoms with Crippen molar-refractivity contribution < 1.29 is 14.3 Å². The van der Waals surface area contributed by atoms with Crippen LogP contribution in [0.3, 0.4) is 0 Å². The summed E-state index contributed by atoms with van der Waals surface area (Å²) in [7, 11) is 1.70. The van der Waals surface area contributed by atoms with E-state index < -0.39 is 0 Å². The molecule has 1 aliphatic carbocycles. The van der Waals surface area contributed by atoms with Gasteiger partial charge in [0, 0.05) is 43.4 Å². The number of piperidine rings is 1. The van der Waals surface area contributed by atoms with Crippen molar-refractivity contribution in [2.75, 3.05) is 18.6 Å². The summed E-state index contributed by atoms with van der Waals surface area (Å²) < 4.78 is 5.35. The van der Waals surface area contributed by atoms with Crippen molar-refractivity contribution in [1.82, 2.24) is 5.32 Å². The van der Waals surface area contributed by atoms with Crippen molar-refractivity contribution in [2.24, 2.45) is 5.73 Å². The summed E-state index contributed by atoms with van der Waals surface area (Å²) in [5.41, 5.74) is 7.62. The first kappa shape index (κ1) is 17.9. The van der Waals surface area contributed by atoms with Crippen LogP contribution in [0.5, 0.6) is 0 Å². The fourth-order valence-electron chi connectivity index (χ4n) is 3.68. The van der Waals surface area contributed by atoms with E-state index in [-0.39, 0.29) is 30.0 Å². The molecule has 3 atom stereocenters. The quantitative estimate of drug-likeness (QED) is 0.872. The maximum Gasteiger partial charge on any atom is 0.251 e. The van der Waals surface area contributed by atoms with Gasteiger partial charge in [0.2, 0.25) is 5.91 Å². The van der Waals surface area contributed by atoms with Gasteiger partial charge in [0.15, 0.2) is 0 Å². The molecule has 3 rings (SSSR count). The van der Waals surface area contributed by atoms with Gasteiger partial charge in [-0.2, -0.15) is 0 Å². The lowest BCUT2D eigenvalue weighted by molar-refractivity contribution is -0.119. The van der Waals surface area contributed by atoms with Crippen LogP contribution >= 0.6 is 0 Å². The number of methoxy groups -OCH3 is 1. The predicted molar refractivity (Wildman–Crippen MR) is 96.5 cm³/mol. The van der Waals surface area contributed by atoms with Crippen molar-refractivity contribution in [2.45, 2.75) is 56.7 Å². The van der Waals surface area contributed by atoms with Crippen LogP contribution in [0.15, 0.2) is 24.3 Å². The number of rotatable bonds is 4. The zero-order valence-corrected chi connectivity index (χ0v) is 14.7. The summed E-state index contributed by atoms with van der Waals surface area (Å²) in [5, 5.41) is 3.04. The van der Waals surface area contributed by atoms with E-state index in [1.807, 2.05) is 12.1 Å². The topological polar surface area (TPSA) is 84.7 Å². The molecule has 2 aliphatic rings. The standard InChI is InChI=1S/C19H27N3O3/c1-25-15-9-10-17(16(20)12-15)21-19(24)13-5-7-14(8-6-13)22-11-3-2-4-18(22)23/h5-8,15-17H,2-4,9-12,20H2,1H3,(H,21,24). The molecule has 1 saturated heterocycles. The molecule has 0 bridgehead atoms. The first-order chi connectivity index (χ1) is 12.1. The van der Waals surface area contributed by atoms with E-state index >= 15 is 0 Å². The van der Waals surface area contributed by atoms with Crippen LogP contribution in [0, 0.1) is 0 Å². The fourth-order valence-corrected chi connectivity index (χ4v) is 3.68. The lowest BCUT2D eigenvalue weighted by Gasteiger charge is -2.33. The monoisotopic (exact) mass is 345 g/mol. The normalized spacial score (nSPS) is 27.2. The van der Waals surface area contributed by atoms with Crippen LogP contribution in [0.1, 0.15) is 48.9 Å². The molecule has 25 heavy (non-hydrogen) atoms. The molecule has 1 heterocycles. The van der Waals surface area contributed by atoms with E-state index in [9.17, 15) is 9.59 Å². The summed E-state index contributed by atoms with van der Waals surface area (Å²) in [4.78, 5) is 26.3. The third-order valence-electron chi connectivity index (χ3n) is 5.27. The summed E-state index contributed by atoms with van der Waals surface area (Å²) >= 11 is 0. The average molecular weight is 345 g/mol. The minimum Gasteiger partial charge on any atom is -0.381 e. The van der Waals surface area contributed by atoms with Crippen molar-refractivity contribution in [3.63, 3.8) is 0 Å². The van der Waals surface area contributed by atoms with Crippen LogP contribution in [0.2, 0.25) is 0 Å². The lowest BCUT2D eigenvalue weighted by Crippen LogP contribution is -2.52. The molecule has 0 aromatic heterocycles. The highest BCUT2D eigenvalue weighted by Gasteiger charge is 2.29. The number of hydrogen-bond donors (Lipinski definition) is 2. The third-order valence-corrected chi connectivity index (χ3v) is 5.27. The highest BCUT2D eigenvalue weighted by atomic mass is 16.5. The van der Waals surface area contributed by atoms with Gasteiger partial charge in [-0.1, -0.05) is 0 Å². The zero-order chi connectivity index (χ0) is 17.8. The Morgan fingerprint density at radius 2 is 2.00 bits per heavy atom. The largest absolute Gasteiger partial charge is 0.381 e. The smallest absolute Gasteiger partial charge is 0.251 e. The van der Waals surface area contributed by atoms with Gasteiger partial charge in [0.25, 0.3) is 5.91 Å². The second-order valence-corrected chi connectivity index (χ2v) is 6.96. The minimum absolute atomic E-state index is 0.0257. The number of ether oxygens (including phenoxy) is 1. The molecule has 0 radical (unpaired) electrons. The molecular formula is C19H27N3O3. The Hall–Kier alpha value is -1.92. The van der Waals surface area contributed by atoms with Crippen molar-refractivity contribution in [3.05, 3.63) is 29.8 Å². The van der Waals surface area contributed by atoms with E-state index in [1.54, 1.807) is 24.1 Å². The number of carbonyl (C=O) groups is 2. The minimum atomic E-state index is -0.118. The number of benzene rings is 1. The second-order valence-electron chi connectivity index (χ2n) is 6.96. The maximum absolute atomic E-state index is 12.5. The highest BCUT2D eigenvalue weighted by molar-refractivity contribution is 5.97. The lowest BCUT2D eigenvalue weighted by atomic mass is 9.88. The summed E-state index contributed by atoms with van der Waals surface area (Å²) in [6.45, 7) is 0.752. The van der Waals surface area contributed by atoms with E-state index in [1.165, 1.54) is 0 Å². The van der Waals surface area contributed by atoms with Gasteiger partial charge in [0.1, 0.15) is 0 Å². The molecule has 2 fully saturated rings. The van der Waals surface area contributed by atoms with E-state index in [0.29, 0.717) is 12.0 Å². The molecule has 1 saturated carbocycles. The predicted octanol–water partition coefficient (Wildman–Crippen LogP) is 1.83. The number of nitrogens with zero attached hydrogens (tertiary/aromatic N) is 1. The fraction of sp³-hybridized carbons (Fsp3) is 0.579. The molecule has 6 nitrogen and oxygen atoms in total. The van der Waals surface area contributed by atoms with Crippen LogP contribution < -0.4 is 16.0 Å². The molecule has 1 aromatic rings. The Balaban J connectivity index is 1.60. The van der Waals surface area contributed by atoms with E-state index in [4.69, 9.17) is 10.5 Å².